The minimum absolute atomic E-state index is 0.427. The number of fused-ring (bicyclic) bond motifs is 1. The van der Waals surface area contributed by atoms with Gasteiger partial charge in [0.25, 0.3) is 0 Å². The Morgan fingerprint density at radius 1 is 1.08 bits per heavy atom. The van der Waals surface area contributed by atoms with Crippen molar-refractivity contribution in [3.05, 3.63) is 52.0 Å². The molecule has 0 bridgehead atoms. The monoisotopic (exact) mass is 375 g/mol. The highest BCUT2D eigenvalue weighted by Gasteiger charge is 2.25. The van der Waals surface area contributed by atoms with E-state index in [1.54, 1.807) is 21.3 Å². The zero-order chi connectivity index (χ0) is 18.5. The van der Waals surface area contributed by atoms with Gasteiger partial charge >= 0.3 is 0 Å². The lowest BCUT2D eigenvalue weighted by Crippen LogP contribution is -2.36. The van der Waals surface area contributed by atoms with Gasteiger partial charge in [0.2, 0.25) is 0 Å². The van der Waals surface area contributed by atoms with Gasteiger partial charge in [0.15, 0.2) is 11.5 Å². The zero-order valence-corrected chi connectivity index (χ0v) is 16.4. The number of rotatable bonds is 7. The fourth-order valence-electron chi connectivity index (χ4n) is 3.55. The van der Waals surface area contributed by atoms with Crippen LogP contribution in [0.5, 0.6) is 17.2 Å². The van der Waals surface area contributed by atoms with Crippen molar-refractivity contribution in [2.45, 2.75) is 31.7 Å². The van der Waals surface area contributed by atoms with E-state index in [4.69, 9.17) is 25.8 Å². The fourth-order valence-corrected chi connectivity index (χ4v) is 3.92. The largest absolute Gasteiger partial charge is 0.497 e. The summed E-state index contributed by atoms with van der Waals surface area (Å²) in [5.41, 5.74) is 3.75. The molecule has 1 unspecified atom stereocenters. The van der Waals surface area contributed by atoms with Gasteiger partial charge in [-0.2, -0.15) is 0 Å². The van der Waals surface area contributed by atoms with E-state index < -0.39 is 0 Å². The molecule has 0 amide bonds. The first-order chi connectivity index (χ1) is 12.7. The molecule has 2 aromatic rings. The van der Waals surface area contributed by atoms with E-state index in [0.29, 0.717) is 22.6 Å². The van der Waals surface area contributed by atoms with Crippen LogP contribution in [-0.4, -0.2) is 33.9 Å². The van der Waals surface area contributed by atoms with Gasteiger partial charge in [-0.05, 0) is 67.1 Å². The van der Waals surface area contributed by atoms with E-state index in [2.05, 4.69) is 23.5 Å². The quantitative estimate of drug-likeness (QED) is 0.792. The first-order valence-electron chi connectivity index (χ1n) is 8.94. The smallest absolute Gasteiger partial charge is 0.179 e. The Morgan fingerprint density at radius 3 is 2.50 bits per heavy atom. The summed E-state index contributed by atoms with van der Waals surface area (Å²) in [6, 6.07) is 10.7. The molecule has 26 heavy (non-hydrogen) atoms. The molecule has 0 aromatic heterocycles. The molecule has 0 aliphatic heterocycles. The summed E-state index contributed by atoms with van der Waals surface area (Å²) in [6.45, 7) is 0.942. The molecular formula is C21H26ClNO3. The highest BCUT2D eigenvalue weighted by atomic mass is 35.5. The van der Waals surface area contributed by atoms with E-state index >= 15 is 0 Å². The van der Waals surface area contributed by atoms with E-state index in [-0.39, 0.29) is 0 Å². The maximum absolute atomic E-state index is 6.59. The molecule has 1 N–H and O–H groups in total. The minimum atomic E-state index is 0.427. The van der Waals surface area contributed by atoms with Gasteiger partial charge in [0, 0.05) is 6.04 Å². The molecule has 1 aliphatic carbocycles. The molecule has 1 atom stereocenters. The Hall–Kier alpha value is -1.91. The van der Waals surface area contributed by atoms with Crippen molar-refractivity contribution in [3.63, 3.8) is 0 Å². The standard InChI is InChI=1S/C21H26ClNO3/c1-24-17-8-4-14(5-9-17)10-11-23-16-7-6-15-12-19(25-2)21(26-3)20(22)18(15)13-16/h4-5,8-9,12,16,23H,6-7,10-11,13H2,1-3H3. The van der Waals surface area contributed by atoms with Crippen molar-refractivity contribution >= 4 is 11.6 Å². The van der Waals surface area contributed by atoms with Crippen molar-refractivity contribution < 1.29 is 14.2 Å². The average molecular weight is 376 g/mol. The van der Waals surface area contributed by atoms with Crippen LogP contribution in [0.1, 0.15) is 23.1 Å². The van der Waals surface area contributed by atoms with E-state index in [1.807, 2.05) is 12.1 Å². The van der Waals surface area contributed by atoms with Gasteiger partial charge in [0.1, 0.15) is 5.75 Å². The van der Waals surface area contributed by atoms with Crippen molar-refractivity contribution in [1.29, 1.82) is 0 Å². The number of benzene rings is 2. The maximum atomic E-state index is 6.59. The number of hydrogen-bond acceptors (Lipinski definition) is 4. The van der Waals surface area contributed by atoms with Crippen LogP contribution in [0, 0.1) is 0 Å². The van der Waals surface area contributed by atoms with Crippen LogP contribution >= 0.6 is 11.6 Å². The van der Waals surface area contributed by atoms with Gasteiger partial charge in [0.05, 0.1) is 26.4 Å². The molecule has 0 spiro atoms. The Kier molecular flexibility index (Phi) is 6.28. The van der Waals surface area contributed by atoms with Gasteiger partial charge in [-0.3, -0.25) is 0 Å². The summed E-state index contributed by atoms with van der Waals surface area (Å²) >= 11 is 6.59. The summed E-state index contributed by atoms with van der Waals surface area (Å²) in [7, 11) is 4.96. The second-order valence-corrected chi connectivity index (χ2v) is 6.93. The van der Waals surface area contributed by atoms with E-state index in [1.165, 1.54) is 16.7 Å². The van der Waals surface area contributed by atoms with E-state index in [9.17, 15) is 0 Å². The molecule has 2 aromatic carbocycles. The summed E-state index contributed by atoms with van der Waals surface area (Å²) in [5, 5.41) is 4.35. The van der Waals surface area contributed by atoms with Crippen LogP contribution in [0.4, 0.5) is 0 Å². The lowest BCUT2D eigenvalue weighted by Gasteiger charge is -2.28. The van der Waals surface area contributed by atoms with Gasteiger partial charge in [-0.15, -0.1) is 0 Å². The highest BCUT2D eigenvalue weighted by Crippen LogP contribution is 2.42. The molecule has 0 heterocycles. The molecule has 5 heteroatoms. The average Bonchev–Trinajstić information content (AvgIpc) is 2.68. The van der Waals surface area contributed by atoms with E-state index in [0.717, 1.165) is 38.0 Å². The number of ether oxygens (including phenoxy) is 3. The summed E-state index contributed by atoms with van der Waals surface area (Å²) < 4.78 is 16.0. The summed E-state index contributed by atoms with van der Waals surface area (Å²) in [6.07, 6.45) is 4.00. The SMILES string of the molecule is COc1ccc(CCNC2CCc3cc(OC)c(OC)c(Cl)c3C2)cc1. The molecular weight excluding hydrogens is 350 g/mol. The van der Waals surface area contributed by atoms with Crippen LogP contribution in [0.2, 0.25) is 5.02 Å². The Balaban J connectivity index is 1.61. The zero-order valence-electron chi connectivity index (χ0n) is 15.6. The first kappa shape index (κ1) is 18.9. The second-order valence-electron chi connectivity index (χ2n) is 6.56. The van der Waals surface area contributed by atoms with Crippen LogP contribution in [0.25, 0.3) is 0 Å². The lowest BCUT2D eigenvalue weighted by molar-refractivity contribution is 0.352. The third-order valence-electron chi connectivity index (χ3n) is 5.02. The molecule has 4 nitrogen and oxygen atoms in total. The normalized spacial score (nSPS) is 16.1. The maximum Gasteiger partial charge on any atom is 0.179 e. The number of methoxy groups -OCH3 is 3. The molecule has 0 saturated carbocycles. The van der Waals surface area contributed by atoms with Crippen molar-refractivity contribution in [3.8, 4) is 17.2 Å². The van der Waals surface area contributed by atoms with Crippen molar-refractivity contribution in [2.24, 2.45) is 0 Å². The topological polar surface area (TPSA) is 39.7 Å². The summed E-state index contributed by atoms with van der Waals surface area (Å²) in [4.78, 5) is 0. The Bertz CT molecular complexity index is 746. The Morgan fingerprint density at radius 2 is 1.85 bits per heavy atom. The number of halogens is 1. The van der Waals surface area contributed by atoms with Gasteiger partial charge in [-0.25, -0.2) is 0 Å². The highest BCUT2D eigenvalue weighted by molar-refractivity contribution is 6.33. The molecule has 0 fully saturated rings. The minimum Gasteiger partial charge on any atom is -0.497 e. The third kappa shape index (κ3) is 4.08. The Labute approximate surface area is 160 Å². The number of hydrogen-bond donors (Lipinski definition) is 1. The second kappa shape index (κ2) is 8.65. The van der Waals surface area contributed by atoms with Crippen LogP contribution in [0.3, 0.4) is 0 Å². The van der Waals surface area contributed by atoms with Crippen molar-refractivity contribution in [2.75, 3.05) is 27.9 Å². The number of nitrogens with one attached hydrogen (secondary N) is 1. The molecule has 0 saturated heterocycles. The predicted octanol–water partition coefficient (Wildman–Crippen LogP) is 4.06. The third-order valence-corrected chi connectivity index (χ3v) is 5.42. The molecule has 1 aliphatic rings. The predicted molar refractivity (Wildman–Crippen MR) is 105 cm³/mol. The fraction of sp³-hybridized carbons (Fsp3) is 0.429. The number of aryl methyl sites for hydroxylation is 1. The van der Waals surface area contributed by atoms with Crippen LogP contribution in [0.15, 0.2) is 30.3 Å². The van der Waals surface area contributed by atoms with Crippen LogP contribution < -0.4 is 19.5 Å². The molecule has 0 radical (unpaired) electrons. The first-order valence-corrected chi connectivity index (χ1v) is 9.32. The molecule has 3 rings (SSSR count). The molecule has 140 valence electrons. The summed E-state index contributed by atoms with van der Waals surface area (Å²) in [5.74, 6) is 2.23. The van der Waals surface area contributed by atoms with Crippen LogP contribution in [-0.2, 0) is 19.3 Å². The van der Waals surface area contributed by atoms with Gasteiger partial charge in [-0.1, -0.05) is 23.7 Å². The van der Waals surface area contributed by atoms with Crippen molar-refractivity contribution in [1.82, 2.24) is 5.32 Å². The lowest BCUT2D eigenvalue weighted by atomic mass is 9.87. The van der Waals surface area contributed by atoms with Gasteiger partial charge < -0.3 is 19.5 Å².